The number of amides is 1. The molecule has 116 valence electrons. The van der Waals surface area contributed by atoms with Crippen LogP contribution in [0.25, 0.3) is 0 Å². The second-order valence-corrected chi connectivity index (χ2v) is 5.66. The summed E-state index contributed by atoms with van der Waals surface area (Å²) in [5, 5.41) is 20.1. The van der Waals surface area contributed by atoms with Gasteiger partial charge in [0.1, 0.15) is 11.8 Å². The van der Waals surface area contributed by atoms with Crippen LogP contribution in [0.1, 0.15) is 39.2 Å². The molecule has 1 aliphatic heterocycles. The molecule has 1 aromatic carbocycles. The van der Waals surface area contributed by atoms with Gasteiger partial charge >= 0.3 is 0 Å². The average molecular weight is 303 g/mol. The van der Waals surface area contributed by atoms with Gasteiger partial charge in [0.05, 0.1) is 10.5 Å². The summed E-state index contributed by atoms with van der Waals surface area (Å²) in [5.74, 6) is 0.100. The molecule has 1 fully saturated rings. The van der Waals surface area contributed by atoms with E-state index >= 15 is 0 Å². The molecular formula is C15H17N3O4. The van der Waals surface area contributed by atoms with Gasteiger partial charge < -0.3 is 4.74 Å². The number of nitro benzene ring substituents is 1. The van der Waals surface area contributed by atoms with Crippen molar-refractivity contribution in [2.24, 2.45) is 0 Å². The zero-order chi connectivity index (χ0) is 16.5. The van der Waals surface area contributed by atoms with E-state index in [0.717, 1.165) is 6.42 Å². The molecule has 0 aliphatic carbocycles. The summed E-state index contributed by atoms with van der Waals surface area (Å²) in [5.41, 5.74) is -0.910. The van der Waals surface area contributed by atoms with Gasteiger partial charge in [-0.3, -0.25) is 19.8 Å². The topological polar surface area (TPSA) is 96.2 Å². The first-order valence-corrected chi connectivity index (χ1v) is 7.01. The molecule has 0 radical (unpaired) electrons. The largest absolute Gasteiger partial charge is 0.466 e. The summed E-state index contributed by atoms with van der Waals surface area (Å²) in [6.07, 6.45) is 0.641. The van der Waals surface area contributed by atoms with Crippen molar-refractivity contribution in [2.45, 2.75) is 45.4 Å². The van der Waals surface area contributed by atoms with Crippen LogP contribution >= 0.6 is 0 Å². The van der Waals surface area contributed by atoms with E-state index in [-0.39, 0.29) is 22.9 Å². The minimum absolute atomic E-state index is 0.0264. The fourth-order valence-corrected chi connectivity index (χ4v) is 2.44. The lowest BCUT2D eigenvalue weighted by atomic mass is 10.1. The van der Waals surface area contributed by atoms with Crippen LogP contribution < -0.4 is 4.74 Å². The standard InChI is InChI=1S/C15H17N3O4/c1-4-6-13(19)17-14(15(17,2)3)22-12-8-5-7-11(18(20)21)10(12)9-16/h5,7-8,14H,4,6H2,1-3H3. The Bertz CT molecular complexity index is 663. The van der Waals surface area contributed by atoms with E-state index in [4.69, 9.17) is 10.00 Å². The molecule has 1 heterocycles. The Morgan fingerprint density at radius 1 is 1.55 bits per heavy atom. The number of rotatable bonds is 5. The molecule has 0 spiro atoms. The summed E-state index contributed by atoms with van der Waals surface area (Å²) in [6.45, 7) is 5.63. The van der Waals surface area contributed by atoms with Crippen LogP contribution in [0.5, 0.6) is 5.75 Å². The molecule has 22 heavy (non-hydrogen) atoms. The molecule has 1 saturated heterocycles. The quantitative estimate of drug-likeness (QED) is 0.473. The first-order valence-electron chi connectivity index (χ1n) is 7.01. The number of nitriles is 1. The zero-order valence-electron chi connectivity index (χ0n) is 12.7. The van der Waals surface area contributed by atoms with Gasteiger partial charge in [-0.25, -0.2) is 0 Å². The van der Waals surface area contributed by atoms with Crippen molar-refractivity contribution < 1.29 is 14.5 Å². The number of ether oxygens (including phenoxy) is 1. The maximum atomic E-state index is 12.0. The normalized spacial score (nSPS) is 18.5. The maximum Gasteiger partial charge on any atom is 0.290 e. The molecule has 7 nitrogen and oxygen atoms in total. The fraction of sp³-hybridized carbons (Fsp3) is 0.467. The van der Waals surface area contributed by atoms with Crippen LogP contribution in [-0.2, 0) is 4.79 Å². The van der Waals surface area contributed by atoms with Crippen molar-refractivity contribution in [3.05, 3.63) is 33.9 Å². The molecule has 1 amide bonds. The summed E-state index contributed by atoms with van der Waals surface area (Å²) >= 11 is 0. The molecular weight excluding hydrogens is 286 g/mol. The van der Waals surface area contributed by atoms with Crippen molar-refractivity contribution in [1.29, 1.82) is 5.26 Å². The molecule has 1 unspecified atom stereocenters. The van der Waals surface area contributed by atoms with Gasteiger partial charge in [0.2, 0.25) is 5.91 Å². The minimum Gasteiger partial charge on any atom is -0.466 e. The van der Waals surface area contributed by atoms with Crippen LogP contribution in [0.15, 0.2) is 18.2 Å². The molecule has 7 heteroatoms. The summed E-state index contributed by atoms with van der Waals surface area (Å²) in [6, 6.07) is 6.02. The van der Waals surface area contributed by atoms with Gasteiger partial charge in [0, 0.05) is 12.5 Å². The lowest BCUT2D eigenvalue weighted by molar-refractivity contribution is -0.385. The highest BCUT2D eigenvalue weighted by molar-refractivity contribution is 5.80. The van der Waals surface area contributed by atoms with Gasteiger partial charge in [0.25, 0.3) is 5.69 Å². The third-order valence-electron chi connectivity index (χ3n) is 3.68. The number of nitro groups is 1. The summed E-state index contributed by atoms with van der Waals surface area (Å²) in [4.78, 5) is 23.9. The number of benzene rings is 1. The first kappa shape index (κ1) is 15.8. The Morgan fingerprint density at radius 2 is 2.23 bits per heavy atom. The SMILES string of the molecule is CCCC(=O)N1C(Oc2cccc([N+](=O)[O-])c2C#N)C1(C)C. The predicted molar refractivity (Wildman–Crippen MR) is 78.1 cm³/mol. The minimum atomic E-state index is -0.622. The van der Waals surface area contributed by atoms with Crippen LogP contribution in [0, 0.1) is 21.4 Å². The molecule has 0 saturated carbocycles. The van der Waals surface area contributed by atoms with Crippen LogP contribution in [-0.4, -0.2) is 27.5 Å². The lowest BCUT2D eigenvalue weighted by Crippen LogP contribution is -2.17. The van der Waals surface area contributed by atoms with E-state index < -0.39 is 16.7 Å². The summed E-state index contributed by atoms with van der Waals surface area (Å²) < 4.78 is 5.71. The van der Waals surface area contributed by atoms with Gasteiger partial charge in [-0.1, -0.05) is 13.0 Å². The van der Waals surface area contributed by atoms with Crippen molar-refractivity contribution in [3.63, 3.8) is 0 Å². The van der Waals surface area contributed by atoms with Gasteiger partial charge in [-0.15, -0.1) is 0 Å². The molecule has 1 aromatic rings. The third-order valence-corrected chi connectivity index (χ3v) is 3.68. The van der Waals surface area contributed by atoms with Crippen molar-refractivity contribution >= 4 is 11.6 Å². The summed E-state index contributed by atoms with van der Waals surface area (Å²) in [7, 11) is 0. The highest BCUT2D eigenvalue weighted by Gasteiger charge is 2.60. The molecule has 1 atom stereocenters. The van der Waals surface area contributed by atoms with Gasteiger partial charge in [-0.05, 0) is 26.3 Å². The number of nitrogens with zero attached hydrogens (tertiary/aromatic N) is 3. The monoisotopic (exact) mass is 303 g/mol. The molecule has 0 aromatic heterocycles. The van der Waals surface area contributed by atoms with Crippen molar-refractivity contribution in [3.8, 4) is 11.8 Å². The first-order chi connectivity index (χ1) is 10.3. The second-order valence-electron chi connectivity index (χ2n) is 5.66. The smallest absolute Gasteiger partial charge is 0.290 e. The Labute approximate surface area is 128 Å². The van der Waals surface area contributed by atoms with Crippen molar-refractivity contribution in [1.82, 2.24) is 4.90 Å². The highest BCUT2D eigenvalue weighted by Crippen LogP contribution is 2.43. The lowest BCUT2D eigenvalue weighted by Gasteiger charge is -2.07. The van der Waals surface area contributed by atoms with Crippen LogP contribution in [0.3, 0.4) is 0 Å². The Balaban J connectivity index is 2.26. The Morgan fingerprint density at radius 3 is 2.77 bits per heavy atom. The van der Waals surface area contributed by atoms with Crippen LogP contribution in [0.4, 0.5) is 5.69 Å². The molecule has 0 bridgehead atoms. The molecule has 2 rings (SSSR count). The zero-order valence-corrected chi connectivity index (χ0v) is 12.7. The molecule has 0 N–H and O–H groups in total. The average Bonchev–Trinajstić information content (AvgIpc) is 2.99. The predicted octanol–water partition coefficient (Wildman–Crippen LogP) is 2.59. The highest BCUT2D eigenvalue weighted by atomic mass is 16.6. The number of hydrogen-bond donors (Lipinski definition) is 0. The third kappa shape index (κ3) is 2.60. The van der Waals surface area contributed by atoms with Crippen molar-refractivity contribution in [2.75, 3.05) is 0 Å². The van der Waals surface area contributed by atoms with E-state index in [2.05, 4.69) is 0 Å². The number of carbonyl (C=O) groups is 1. The van der Waals surface area contributed by atoms with E-state index in [1.807, 2.05) is 20.8 Å². The fourth-order valence-electron chi connectivity index (χ4n) is 2.44. The molecule has 1 aliphatic rings. The van der Waals surface area contributed by atoms with E-state index in [1.165, 1.54) is 18.2 Å². The van der Waals surface area contributed by atoms with E-state index in [0.29, 0.717) is 6.42 Å². The van der Waals surface area contributed by atoms with Gasteiger partial charge in [0.15, 0.2) is 11.8 Å². The van der Waals surface area contributed by atoms with E-state index in [1.54, 1.807) is 11.0 Å². The Kier molecular flexibility index (Phi) is 4.04. The van der Waals surface area contributed by atoms with Gasteiger partial charge in [-0.2, -0.15) is 5.26 Å². The maximum absolute atomic E-state index is 12.0. The van der Waals surface area contributed by atoms with E-state index in [9.17, 15) is 14.9 Å². The second kappa shape index (κ2) is 5.64. The van der Waals surface area contributed by atoms with Crippen LogP contribution in [0.2, 0.25) is 0 Å². The Hall–Kier alpha value is -2.62. The number of carbonyl (C=O) groups excluding carboxylic acids is 1. The number of hydrogen-bond acceptors (Lipinski definition) is 5.